The first-order valence-electron chi connectivity index (χ1n) is 4.08. The maximum atomic E-state index is 13.1. The fourth-order valence-corrected chi connectivity index (χ4v) is 1.34. The lowest BCUT2D eigenvalue weighted by Crippen LogP contribution is -1.82. The highest BCUT2D eigenvalue weighted by Crippen LogP contribution is 2.29. The SMILES string of the molecule is O=Cc1cnc(-c2cccc(F)c2Cl)o1. The molecule has 0 fully saturated rings. The molecule has 2 rings (SSSR count). The molecule has 0 atom stereocenters. The molecule has 0 unspecified atom stereocenters. The zero-order chi connectivity index (χ0) is 10.8. The minimum Gasteiger partial charge on any atom is -0.433 e. The second-order valence-corrected chi connectivity index (χ2v) is 3.16. The average Bonchev–Trinajstić information content (AvgIpc) is 2.70. The van der Waals surface area contributed by atoms with Crippen molar-refractivity contribution in [2.45, 2.75) is 0 Å². The quantitative estimate of drug-likeness (QED) is 0.738. The van der Waals surface area contributed by atoms with Crippen LogP contribution in [0.4, 0.5) is 4.39 Å². The number of oxazole rings is 1. The summed E-state index contributed by atoms with van der Waals surface area (Å²) in [5.74, 6) is -0.355. The van der Waals surface area contributed by atoms with Crippen molar-refractivity contribution in [3.05, 3.63) is 41.0 Å². The van der Waals surface area contributed by atoms with Crippen LogP contribution in [-0.4, -0.2) is 11.3 Å². The fourth-order valence-electron chi connectivity index (χ4n) is 1.13. The first kappa shape index (κ1) is 9.86. The summed E-state index contributed by atoms with van der Waals surface area (Å²) in [6, 6.07) is 4.28. The summed E-state index contributed by atoms with van der Waals surface area (Å²) >= 11 is 5.72. The van der Waals surface area contributed by atoms with E-state index in [-0.39, 0.29) is 16.7 Å². The number of halogens is 2. The van der Waals surface area contributed by atoms with Crippen LogP contribution in [0.3, 0.4) is 0 Å². The third kappa shape index (κ3) is 1.76. The topological polar surface area (TPSA) is 43.1 Å². The lowest BCUT2D eigenvalue weighted by Gasteiger charge is -1.99. The summed E-state index contributed by atoms with van der Waals surface area (Å²) < 4.78 is 18.1. The number of carbonyl (C=O) groups is 1. The number of benzene rings is 1. The van der Waals surface area contributed by atoms with Gasteiger partial charge >= 0.3 is 0 Å². The van der Waals surface area contributed by atoms with Crippen LogP contribution >= 0.6 is 11.6 Å². The smallest absolute Gasteiger partial charge is 0.228 e. The molecule has 0 aliphatic carbocycles. The maximum absolute atomic E-state index is 13.1. The summed E-state index contributed by atoms with van der Waals surface area (Å²) in [5, 5.41) is -0.0724. The molecule has 0 aliphatic rings. The van der Waals surface area contributed by atoms with Gasteiger partial charge in [-0.1, -0.05) is 17.7 Å². The predicted molar refractivity (Wildman–Crippen MR) is 52.3 cm³/mol. The van der Waals surface area contributed by atoms with Crippen LogP contribution in [0.25, 0.3) is 11.5 Å². The van der Waals surface area contributed by atoms with Crippen molar-refractivity contribution < 1.29 is 13.6 Å². The molecule has 3 nitrogen and oxygen atoms in total. The zero-order valence-electron chi connectivity index (χ0n) is 7.41. The molecule has 0 N–H and O–H groups in total. The second kappa shape index (κ2) is 3.82. The van der Waals surface area contributed by atoms with Gasteiger partial charge in [0.1, 0.15) is 5.82 Å². The monoisotopic (exact) mass is 225 g/mol. The molecule has 0 spiro atoms. The summed E-state index contributed by atoms with van der Waals surface area (Å²) in [5.41, 5.74) is 0.324. The first-order chi connectivity index (χ1) is 7.22. The van der Waals surface area contributed by atoms with Crippen LogP contribution in [0.1, 0.15) is 10.6 Å². The number of aldehydes is 1. The number of hydrogen-bond acceptors (Lipinski definition) is 3. The van der Waals surface area contributed by atoms with Crippen LogP contribution in [0.2, 0.25) is 5.02 Å². The molecular formula is C10H5ClFNO2. The lowest BCUT2D eigenvalue weighted by atomic mass is 10.2. The van der Waals surface area contributed by atoms with Crippen molar-refractivity contribution in [3.8, 4) is 11.5 Å². The Bertz CT molecular complexity index is 510. The van der Waals surface area contributed by atoms with Crippen LogP contribution in [-0.2, 0) is 0 Å². The van der Waals surface area contributed by atoms with E-state index in [1.165, 1.54) is 18.3 Å². The van der Waals surface area contributed by atoms with Crippen molar-refractivity contribution in [3.63, 3.8) is 0 Å². The highest BCUT2D eigenvalue weighted by molar-refractivity contribution is 6.33. The molecule has 0 aliphatic heterocycles. The molecule has 0 amide bonds. The summed E-state index contributed by atoms with van der Waals surface area (Å²) in [7, 11) is 0. The van der Waals surface area contributed by atoms with Gasteiger partial charge in [-0.15, -0.1) is 0 Å². The average molecular weight is 226 g/mol. The van der Waals surface area contributed by atoms with E-state index < -0.39 is 5.82 Å². The molecule has 76 valence electrons. The van der Waals surface area contributed by atoms with E-state index in [0.717, 1.165) is 0 Å². The highest BCUT2D eigenvalue weighted by atomic mass is 35.5. The van der Waals surface area contributed by atoms with Crippen LogP contribution in [0, 0.1) is 5.82 Å². The van der Waals surface area contributed by atoms with Gasteiger partial charge in [-0.3, -0.25) is 4.79 Å². The van der Waals surface area contributed by atoms with Gasteiger partial charge in [0.15, 0.2) is 12.0 Å². The number of nitrogens with zero attached hydrogens (tertiary/aromatic N) is 1. The normalized spacial score (nSPS) is 10.3. The van der Waals surface area contributed by atoms with E-state index >= 15 is 0 Å². The molecule has 1 aromatic carbocycles. The van der Waals surface area contributed by atoms with Gasteiger partial charge in [-0.2, -0.15) is 0 Å². The van der Waals surface area contributed by atoms with Gasteiger partial charge in [0, 0.05) is 0 Å². The standard InChI is InChI=1S/C10H5ClFNO2/c11-9-7(2-1-3-8(9)12)10-13-4-6(5-14)15-10/h1-5H. The Balaban J connectivity index is 2.53. The molecule has 0 radical (unpaired) electrons. The van der Waals surface area contributed by atoms with E-state index in [2.05, 4.69) is 4.98 Å². The summed E-state index contributed by atoms with van der Waals surface area (Å²) in [6.07, 6.45) is 1.77. The third-order valence-electron chi connectivity index (χ3n) is 1.82. The van der Waals surface area contributed by atoms with Gasteiger partial charge < -0.3 is 4.42 Å². The van der Waals surface area contributed by atoms with Crippen molar-refractivity contribution in [1.82, 2.24) is 4.98 Å². The number of carbonyl (C=O) groups excluding carboxylic acids is 1. The van der Waals surface area contributed by atoms with Gasteiger partial charge in [-0.05, 0) is 12.1 Å². The van der Waals surface area contributed by atoms with E-state index in [1.54, 1.807) is 6.07 Å². The molecule has 1 heterocycles. The third-order valence-corrected chi connectivity index (χ3v) is 2.21. The van der Waals surface area contributed by atoms with Crippen molar-refractivity contribution in [1.29, 1.82) is 0 Å². The van der Waals surface area contributed by atoms with E-state index in [4.69, 9.17) is 16.0 Å². The van der Waals surface area contributed by atoms with Gasteiger partial charge in [0.2, 0.25) is 5.89 Å². The molecule has 0 saturated heterocycles. The fraction of sp³-hybridized carbons (Fsp3) is 0. The highest BCUT2D eigenvalue weighted by Gasteiger charge is 2.12. The summed E-state index contributed by atoms with van der Waals surface area (Å²) in [4.78, 5) is 14.2. The lowest BCUT2D eigenvalue weighted by molar-refractivity contribution is 0.110. The molecule has 5 heteroatoms. The summed E-state index contributed by atoms with van der Waals surface area (Å²) in [6.45, 7) is 0. The van der Waals surface area contributed by atoms with Crippen LogP contribution < -0.4 is 0 Å². The number of rotatable bonds is 2. The minimum absolute atomic E-state index is 0.0724. The number of hydrogen-bond donors (Lipinski definition) is 0. The van der Waals surface area contributed by atoms with Gasteiger partial charge in [0.05, 0.1) is 16.8 Å². The van der Waals surface area contributed by atoms with E-state index in [9.17, 15) is 9.18 Å². The van der Waals surface area contributed by atoms with Crippen LogP contribution in [0.5, 0.6) is 0 Å². The zero-order valence-corrected chi connectivity index (χ0v) is 8.16. The Labute approximate surface area is 89.5 Å². The van der Waals surface area contributed by atoms with Crippen molar-refractivity contribution in [2.24, 2.45) is 0 Å². The van der Waals surface area contributed by atoms with Crippen LogP contribution in [0.15, 0.2) is 28.8 Å². The molecule has 15 heavy (non-hydrogen) atoms. The van der Waals surface area contributed by atoms with E-state index in [1.807, 2.05) is 0 Å². The molecule has 1 aromatic heterocycles. The van der Waals surface area contributed by atoms with Crippen molar-refractivity contribution >= 4 is 17.9 Å². The second-order valence-electron chi connectivity index (χ2n) is 2.79. The Kier molecular flexibility index (Phi) is 2.51. The van der Waals surface area contributed by atoms with E-state index in [0.29, 0.717) is 11.8 Å². The largest absolute Gasteiger partial charge is 0.433 e. The Morgan fingerprint density at radius 3 is 2.93 bits per heavy atom. The maximum Gasteiger partial charge on any atom is 0.228 e. The Morgan fingerprint density at radius 2 is 2.27 bits per heavy atom. The minimum atomic E-state index is -0.556. The number of aromatic nitrogens is 1. The van der Waals surface area contributed by atoms with Gasteiger partial charge in [0.25, 0.3) is 0 Å². The molecular weight excluding hydrogens is 221 g/mol. The Morgan fingerprint density at radius 1 is 1.47 bits per heavy atom. The molecule has 2 aromatic rings. The van der Waals surface area contributed by atoms with Gasteiger partial charge in [-0.25, -0.2) is 9.37 Å². The Hall–Kier alpha value is -1.68. The molecule has 0 bridgehead atoms. The van der Waals surface area contributed by atoms with Crippen molar-refractivity contribution in [2.75, 3.05) is 0 Å². The molecule has 0 saturated carbocycles. The first-order valence-corrected chi connectivity index (χ1v) is 4.45. The predicted octanol–water partition coefficient (Wildman–Crippen LogP) is 2.95.